The molecule has 2 aromatic carbocycles. The summed E-state index contributed by atoms with van der Waals surface area (Å²) in [6, 6.07) is 14.9. The SMILES string of the molecule is Cc1nc2ccccc2c(C)c1C(=O)Nc1ccc(Cl)cc1. The number of nitrogens with one attached hydrogen (secondary N) is 1. The number of carbonyl (C=O) groups excluding carboxylic acids is 1. The highest BCUT2D eigenvalue weighted by molar-refractivity contribution is 6.30. The molecule has 0 fully saturated rings. The molecule has 0 radical (unpaired) electrons. The van der Waals surface area contributed by atoms with Gasteiger partial charge in [-0.25, -0.2) is 0 Å². The van der Waals surface area contributed by atoms with Gasteiger partial charge >= 0.3 is 0 Å². The fraction of sp³-hybridized carbons (Fsp3) is 0.111. The topological polar surface area (TPSA) is 42.0 Å². The van der Waals surface area contributed by atoms with E-state index >= 15 is 0 Å². The molecule has 0 bridgehead atoms. The van der Waals surface area contributed by atoms with Crippen LogP contribution >= 0.6 is 11.6 Å². The molecule has 3 nitrogen and oxygen atoms in total. The number of aryl methyl sites for hydroxylation is 2. The molecule has 1 aromatic heterocycles. The molecule has 0 aliphatic heterocycles. The van der Waals surface area contributed by atoms with Crippen LogP contribution in [0.1, 0.15) is 21.6 Å². The van der Waals surface area contributed by atoms with E-state index in [1.807, 2.05) is 38.1 Å². The maximum absolute atomic E-state index is 12.6. The van der Waals surface area contributed by atoms with E-state index in [1.54, 1.807) is 24.3 Å². The van der Waals surface area contributed by atoms with E-state index in [2.05, 4.69) is 10.3 Å². The third-order valence-electron chi connectivity index (χ3n) is 3.66. The van der Waals surface area contributed by atoms with E-state index in [4.69, 9.17) is 11.6 Å². The quantitative estimate of drug-likeness (QED) is 0.741. The second kappa shape index (κ2) is 5.78. The molecule has 0 saturated heterocycles. The molecule has 1 heterocycles. The van der Waals surface area contributed by atoms with Gasteiger partial charge in [-0.1, -0.05) is 29.8 Å². The summed E-state index contributed by atoms with van der Waals surface area (Å²) in [5.74, 6) is -0.157. The number of anilines is 1. The second-order valence-corrected chi connectivity index (χ2v) is 5.61. The number of para-hydroxylation sites is 1. The normalized spacial score (nSPS) is 10.7. The van der Waals surface area contributed by atoms with E-state index in [0.29, 0.717) is 16.3 Å². The molecule has 0 aliphatic carbocycles. The zero-order valence-electron chi connectivity index (χ0n) is 12.4. The predicted molar refractivity (Wildman–Crippen MR) is 90.6 cm³/mol. The average Bonchev–Trinajstić information content (AvgIpc) is 2.49. The summed E-state index contributed by atoms with van der Waals surface area (Å²) in [6.07, 6.45) is 0. The minimum Gasteiger partial charge on any atom is -0.322 e. The number of pyridine rings is 1. The molecule has 3 rings (SSSR count). The first-order valence-electron chi connectivity index (χ1n) is 6.99. The van der Waals surface area contributed by atoms with Gasteiger partial charge in [-0.05, 0) is 49.7 Å². The van der Waals surface area contributed by atoms with E-state index in [9.17, 15) is 4.79 Å². The van der Waals surface area contributed by atoms with Crippen LogP contribution in [-0.2, 0) is 0 Å². The maximum Gasteiger partial charge on any atom is 0.257 e. The molecule has 0 spiro atoms. The summed E-state index contributed by atoms with van der Waals surface area (Å²) in [6.45, 7) is 3.81. The van der Waals surface area contributed by atoms with Crippen LogP contribution in [0.4, 0.5) is 5.69 Å². The largest absolute Gasteiger partial charge is 0.322 e. The van der Waals surface area contributed by atoms with Gasteiger partial charge in [-0.3, -0.25) is 9.78 Å². The Labute approximate surface area is 133 Å². The number of benzene rings is 2. The van der Waals surface area contributed by atoms with Gasteiger partial charge in [-0.2, -0.15) is 0 Å². The van der Waals surface area contributed by atoms with Crippen molar-refractivity contribution in [3.63, 3.8) is 0 Å². The zero-order chi connectivity index (χ0) is 15.7. The molecule has 0 unspecified atom stereocenters. The first-order chi connectivity index (χ1) is 10.6. The van der Waals surface area contributed by atoms with Crippen LogP contribution in [0.25, 0.3) is 10.9 Å². The van der Waals surface area contributed by atoms with Crippen molar-refractivity contribution in [2.45, 2.75) is 13.8 Å². The number of fused-ring (bicyclic) bond motifs is 1. The summed E-state index contributed by atoms with van der Waals surface area (Å²) in [7, 11) is 0. The van der Waals surface area contributed by atoms with Gasteiger partial charge in [0.05, 0.1) is 16.8 Å². The Kier molecular flexibility index (Phi) is 3.82. The van der Waals surface area contributed by atoms with Crippen LogP contribution in [0, 0.1) is 13.8 Å². The van der Waals surface area contributed by atoms with E-state index in [-0.39, 0.29) is 5.91 Å². The summed E-state index contributed by atoms with van der Waals surface area (Å²) < 4.78 is 0. The second-order valence-electron chi connectivity index (χ2n) is 5.18. The van der Waals surface area contributed by atoms with Crippen LogP contribution in [0.2, 0.25) is 5.02 Å². The Balaban J connectivity index is 2.02. The van der Waals surface area contributed by atoms with Crippen molar-refractivity contribution in [1.82, 2.24) is 4.98 Å². The van der Waals surface area contributed by atoms with Crippen LogP contribution in [0.5, 0.6) is 0 Å². The van der Waals surface area contributed by atoms with Crippen LogP contribution < -0.4 is 5.32 Å². The van der Waals surface area contributed by atoms with Crippen molar-refractivity contribution in [3.8, 4) is 0 Å². The zero-order valence-corrected chi connectivity index (χ0v) is 13.1. The van der Waals surface area contributed by atoms with Crippen molar-refractivity contribution in [2.75, 3.05) is 5.32 Å². The first-order valence-corrected chi connectivity index (χ1v) is 7.37. The summed E-state index contributed by atoms with van der Waals surface area (Å²) in [5, 5.41) is 4.53. The molecule has 1 amide bonds. The average molecular weight is 311 g/mol. The summed E-state index contributed by atoms with van der Waals surface area (Å²) >= 11 is 5.86. The number of halogens is 1. The highest BCUT2D eigenvalue weighted by atomic mass is 35.5. The lowest BCUT2D eigenvalue weighted by Crippen LogP contribution is -2.16. The van der Waals surface area contributed by atoms with Gasteiger partial charge in [0.2, 0.25) is 0 Å². The lowest BCUT2D eigenvalue weighted by molar-refractivity contribution is 0.102. The van der Waals surface area contributed by atoms with Crippen LogP contribution in [0.15, 0.2) is 48.5 Å². The Morgan fingerprint density at radius 2 is 1.73 bits per heavy atom. The Bertz CT molecular complexity index is 857. The number of rotatable bonds is 2. The third kappa shape index (κ3) is 2.68. The molecule has 0 aliphatic rings. The fourth-order valence-corrected chi connectivity index (χ4v) is 2.72. The lowest BCUT2D eigenvalue weighted by Gasteiger charge is -2.12. The highest BCUT2D eigenvalue weighted by Gasteiger charge is 2.16. The van der Waals surface area contributed by atoms with Gasteiger partial charge in [-0.15, -0.1) is 0 Å². The van der Waals surface area contributed by atoms with Crippen LogP contribution in [0.3, 0.4) is 0 Å². The lowest BCUT2D eigenvalue weighted by atomic mass is 10.0. The van der Waals surface area contributed by atoms with Crippen molar-refractivity contribution in [1.29, 1.82) is 0 Å². The molecule has 4 heteroatoms. The standard InChI is InChI=1S/C18H15ClN2O/c1-11-15-5-3-4-6-16(15)20-12(2)17(11)18(22)21-14-9-7-13(19)8-10-14/h3-10H,1-2H3,(H,21,22). The fourth-order valence-electron chi connectivity index (χ4n) is 2.59. The van der Waals surface area contributed by atoms with Gasteiger partial charge < -0.3 is 5.32 Å². The predicted octanol–water partition coefficient (Wildman–Crippen LogP) is 4.76. The van der Waals surface area contributed by atoms with Gasteiger partial charge in [0.15, 0.2) is 0 Å². The molecule has 0 saturated carbocycles. The first kappa shape index (κ1) is 14.5. The monoisotopic (exact) mass is 310 g/mol. The Morgan fingerprint density at radius 1 is 1.05 bits per heavy atom. The molecule has 3 aromatic rings. The van der Waals surface area contributed by atoms with E-state index in [1.165, 1.54) is 0 Å². The minimum absolute atomic E-state index is 0.157. The maximum atomic E-state index is 12.6. The van der Waals surface area contributed by atoms with Crippen molar-refractivity contribution in [2.24, 2.45) is 0 Å². The molecular weight excluding hydrogens is 296 g/mol. The van der Waals surface area contributed by atoms with Crippen molar-refractivity contribution >= 4 is 34.1 Å². The van der Waals surface area contributed by atoms with Gasteiger partial charge in [0, 0.05) is 16.1 Å². The van der Waals surface area contributed by atoms with Crippen molar-refractivity contribution in [3.05, 3.63) is 70.4 Å². The van der Waals surface area contributed by atoms with Crippen LogP contribution in [-0.4, -0.2) is 10.9 Å². The molecule has 22 heavy (non-hydrogen) atoms. The summed E-state index contributed by atoms with van der Waals surface area (Å²) in [4.78, 5) is 17.1. The van der Waals surface area contributed by atoms with Crippen molar-refractivity contribution < 1.29 is 4.79 Å². The Hall–Kier alpha value is -2.39. The van der Waals surface area contributed by atoms with E-state index < -0.39 is 0 Å². The molecule has 1 N–H and O–H groups in total. The number of carbonyl (C=O) groups is 1. The smallest absolute Gasteiger partial charge is 0.257 e. The third-order valence-corrected chi connectivity index (χ3v) is 3.91. The highest BCUT2D eigenvalue weighted by Crippen LogP contribution is 2.23. The Morgan fingerprint density at radius 3 is 2.45 bits per heavy atom. The number of nitrogens with zero attached hydrogens (tertiary/aromatic N) is 1. The number of amides is 1. The number of hydrogen-bond donors (Lipinski definition) is 1. The van der Waals surface area contributed by atoms with Gasteiger partial charge in [0.1, 0.15) is 0 Å². The minimum atomic E-state index is -0.157. The van der Waals surface area contributed by atoms with E-state index in [0.717, 1.165) is 22.2 Å². The number of aromatic nitrogens is 1. The summed E-state index contributed by atoms with van der Waals surface area (Å²) in [5.41, 5.74) is 3.90. The number of hydrogen-bond acceptors (Lipinski definition) is 2. The molecular formula is C18H15ClN2O. The molecule has 0 atom stereocenters. The molecule has 110 valence electrons. The van der Waals surface area contributed by atoms with Gasteiger partial charge in [0.25, 0.3) is 5.91 Å².